The highest BCUT2D eigenvalue weighted by molar-refractivity contribution is 7.89. The Morgan fingerprint density at radius 2 is 1.88 bits per heavy atom. The number of carbonyl (C=O) groups is 1. The molecule has 0 saturated carbocycles. The lowest BCUT2D eigenvalue weighted by Crippen LogP contribution is -2.42. The molecule has 1 aromatic carbocycles. The smallest absolute Gasteiger partial charge is 0.253 e. The van der Waals surface area contributed by atoms with Crippen LogP contribution in [0.25, 0.3) is 0 Å². The molecule has 3 rings (SSSR count). The highest BCUT2D eigenvalue weighted by Crippen LogP contribution is 2.16. The zero-order valence-corrected chi connectivity index (χ0v) is 15.4. The van der Waals surface area contributed by atoms with Gasteiger partial charge < -0.3 is 10.6 Å². The van der Waals surface area contributed by atoms with Gasteiger partial charge in [0.05, 0.1) is 4.90 Å². The number of hydrogen-bond acceptors (Lipinski definition) is 5. The molecule has 134 valence electrons. The van der Waals surface area contributed by atoms with Gasteiger partial charge in [-0.3, -0.25) is 4.79 Å². The van der Waals surface area contributed by atoms with Crippen LogP contribution >= 0.6 is 11.3 Å². The Hall–Kier alpha value is -1.74. The lowest BCUT2D eigenvalue weighted by atomic mass is 10.1. The van der Waals surface area contributed by atoms with E-state index in [0.29, 0.717) is 18.7 Å². The van der Waals surface area contributed by atoms with Gasteiger partial charge in [-0.25, -0.2) is 13.1 Å². The van der Waals surface area contributed by atoms with Gasteiger partial charge in [0.2, 0.25) is 10.0 Å². The summed E-state index contributed by atoms with van der Waals surface area (Å²) in [6, 6.07) is 9.99. The quantitative estimate of drug-likeness (QED) is 0.828. The molecule has 1 fully saturated rings. The van der Waals surface area contributed by atoms with E-state index in [1.54, 1.807) is 17.0 Å². The Labute approximate surface area is 151 Å². The molecular weight excluding hydrogens is 358 g/mol. The maximum Gasteiger partial charge on any atom is 0.253 e. The van der Waals surface area contributed by atoms with Crippen LogP contribution in [0.5, 0.6) is 0 Å². The molecule has 1 amide bonds. The second-order valence-corrected chi connectivity index (χ2v) is 8.86. The number of nitrogens with one attached hydrogen (secondary N) is 1. The average molecular weight is 380 g/mol. The first-order valence-corrected chi connectivity index (χ1v) is 10.5. The Balaban J connectivity index is 1.65. The number of hydrogen-bond donors (Lipinski definition) is 2. The third kappa shape index (κ3) is 4.46. The molecule has 8 heteroatoms. The van der Waals surface area contributed by atoms with Crippen molar-refractivity contribution in [2.45, 2.75) is 30.3 Å². The Morgan fingerprint density at radius 1 is 1.20 bits per heavy atom. The molecule has 2 aromatic rings. The van der Waals surface area contributed by atoms with Crippen molar-refractivity contribution in [1.82, 2.24) is 9.62 Å². The fraction of sp³-hybridized carbons (Fsp3) is 0.353. The number of amides is 1. The lowest BCUT2D eigenvalue weighted by molar-refractivity contribution is 0.0714. The summed E-state index contributed by atoms with van der Waals surface area (Å²) in [7, 11) is -3.60. The van der Waals surface area contributed by atoms with Crippen LogP contribution in [0.2, 0.25) is 0 Å². The molecule has 0 spiro atoms. The van der Waals surface area contributed by atoms with Gasteiger partial charge in [0.15, 0.2) is 0 Å². The molecule has 0 radical (unpaired) electrons. The number of nitrogens with zero attached hydrogens (tertiary/aromatic N) is 1. The summed E-state index contributed by atoms with van der Waals surface area (Å²) in [6.07, 6.45) is 1.59. The van der Waals surface area contributed by atoms with E-state index in [0.717, 1.165) is 17.7 Å². The molecule has 1 aromatic heterocycles. The van der Waals surface area contributed by atoms with Crippen molar-refractivity contribution >= 4 is 27.3 Å². The number of nitrogens with two attached hydrogens (primary N) is 1. The van der Waals surface area contributed by atoms with Crippen LogP contribution in [-0.4, -0.2) is 38.4 Å². The van der Waals surface area contributed by atoms with Crippen molar-refractivity contribution in [2.24, 2.45) is 5.73 Å². The lowest BCUT2D eigenvalue weighted by Gasteiger charge is -2.30. The van der Waals surface area contributed by atoms with E-state index >= 15 is 0 Å². The highest BCUT2D eigenvalue weighted by Gasteiger charge is 2.22. The van der Waals surface area contributed by atoms with Crippen molar-refractivity contribution in [3.63, 3.8) is 0 Å². The van der Waals surface area contributed by atoms with E-state index in [9.17, 15) is 13.2 Å². The molecule has 1 aliphatic rings. The maximum absolute atomic E-state index is 12.5. The van der Waals surface area contributed by atoms with E-state index in [-0.39, 0.29) is 23.4 Å². The molecule has 3 N–H and O–H groups in total. The number of piperidine rings is 1. The van der Waals surface area contributed by atoms with Gasteiger partial charge in [-0.1, -0.05) is 6.07 Å². The van der Waals surface area contributed by atoms with Crippen molar-refractivity contribution in [3.8, 4) is 0 Å². The van der Waals surface area contributed by atoms with E-state index in [2.05, 4.69) is 4.72 Å². The predicted molar refractivity (Wildman–Crippen MR) is 97.9 cm³/mol. The number of rotatable bonds is 5. The number of carbonyl (C=O) groups excluding carboxylic acids is 1. The molecule has 1 saturated heterocycles. The summed E-state index contributed by atoms with van der Waals surface area (Å²) < 4.78 is 27.2. The van der Waals surface area contributed by atoms with Crippen LogP contribution in [-0.2, 0) is 16.6 Å². The first-order valence-electron chi connectivity index (χ1n) is 8.13. The highest BCUT2D eigenvalue weighted by atomic mass is 32.2. The minimum absolute atomic E-state index is 0.0811. The molecule has 0 atom stereocenters. The molecule has 1 aliphatic heterocycles. The fourth-order valence-corrected chi connectivity index (χ4v) is 4.47. The zero-order valence-electron chi connectivity index (χ0n) is 13.7. The van der Waals surface area contributed by atoms with Gasteiger partial charge in [-0.15, -0.1) is 11.3 Å². The van der Waals surface area contributed by atoms with Crippen LogP contribution in [0.1, 0.15) is 28.1 Å². The number of sulfonamides is 1. The molecular formula is C17H21N3O3S2. The average Bonchev–Trinajstić information content (AvgIpc) is 3.14. The summed E-state index contributed by atoms with van der Waals surface area (Å²) in [5.41, 5.74) is 6.35. The largest absolute Gasteiger partial charge is 0.339 e. The van der Waals surface area contributed by atoms with Gasteiger partial charge in [-0.05, 0) is 48.6 Å². The predicted octanol–water partition coefficient (Wildman–Crippen LogP) is 1.79. The molecule has 0 aliphatic carbocycles. The van der Waals surface area contributed by atoms with E-state index in [4.69, 9.17) is 5.73 Å². The maximum atomic E-state index is 12.5. The summed E-state index contributed by atoms with van der Waals surface area (Å²) in [5, 5.41) is 1.90. The molecule has 0 unspecified atom stereocenters. The van der Waals surface area contributed by atoms with Crippen LogP contribution < -0.4 is 10.5 Å². The van der Waals surface area contributed by atoms with Crippen LogP contribution in [0.3, 0.4) is 0 Å². The summed E-state index contributed by atoms with van der Waals surface area (Å²) in [6.45, 7) is 1.54. The number of likely N-dealkylation sites (tertiary alicyclic amines) is 1. The first kappa shape index (κ1) is 18.1. The van der Waals surface area contributed by atoms with Crippen LogP contribution in [0.4, 0.5) is 0 Å². The summed E-state index contributed by atoms with van der Waals surface area (Å²) in [4.78, 5) is 15.3. The monoisotopic (exact) mass is 379 g/mol. The molecule has 0 bridgehead atoms. The molecule has 6 nitrogen and oxygen atoms in total. The van der Waals surface area contributed by atoms with Gasteiger partial charge in [0.25, 0.3) is 5.91 Å². The van der Waals surface area contributed by atoms with Crippen molar-refractivity contribution < 1.29 is 13.2 Å². The Bertz CT molecular complexity index is 809. The van der Waals surface area contributed by atoms with E-state index in [1.165, 1.54) is 23.5 Å². The van der Waals surface area contributed by atoms with E-state index in [1.807, 2.05) is 17.5 Å². The second kappa shape index (κ2) is 7.65. The summed E-state index contributed by atoms with van der Waals surface area (Å²) >= 11 is 1.50. The third-order valence-electron chi connectivity index (χ3n) is 4.25. The fourth-order valence-electron chi connectivity index (χ4n) is 2.72. The second-order valence-electron chi connectivity index (χ2n) is 6.06. The van der Waals surface area contributed by atoms with Gasteiger partial charge in [0, 0.05) is 36.1 Å². The minimum atomic E-state index is -3.60. The van der Waals surface area contributed by atoms with Gasteiger partial charge >= 0.3 is 0 Å². The van der Waals surface area contributed by atoms with E-state index < -0.39 is 10.0 Å². The van der Waals surface area contributed by atoms with Crippen LogP contribution in [0.15, 0.2) is 46.7 Å². The van der Waals surface area contributed by atoms with Crippen LogP contribution in [0, 0.1) is 0 Å². The minimum Gasteiger partial charge on any atom is -0.339 e. The third-order valence-corrected chi connectivity index (χ3v) is 6.55. The first-order chi connectivity index (χ1) is 12.0. The summed E-state index contributed by atoms with van der Waals surface area (Å²) in [5.74, 6) is -0.0811. The standard InChI is InChI=1S/C17H21N3O3S2/c18-14-7-9-20(10-8-14)17(21)13-3-5-16(6-4-13)25(22,23)19-12-15-2-1-11-24-15/h1-6,11,14,19H,7-10,12,18H2. The topological polar surface area (TPSA) is 92.5 Å². The zero-order chi connectivity index (χ0) is 17.9. The van der Waals surface area contributed by atoms with Gasteiger partial charge in [-0.2, -0.15) is 0 Å². The SMILES string of the molecule is NC1CCN(C(=O)c2ccc(S(=O)(=O)NCc3cccs3)cc2)CC1. The molecule has 2 heterocycles. The number of thiophene rings is 1. The van der Waals surface area contributed by atoms with Gasteiger partial charge in [0.1, 0.15) is 0 Å². The normalized spacial score (nSPS) is 16.1. The van der Waals surface area contributed by atoms with Crippen molar-refractivity contribution in [1.29, 1.82) is 0 Å². The van der Waals surface area contributed by atoms with Crippen molar-refractivity contribution in [3.05, 3.63) is 52.2 Å². The number of benzene rings is 1. The van der Waals surface area contributed by atoms with Crippen molar-refractivity contribution in [2.75, 3.05) is 13.1 Å². The molecule has 25 heavy (non-hydrogen) atoms. The Kier molecular flexibility index (Phi) is 5.53. The Morgan fingerprint density at radius 3 is 2.48 bits per heavy atom.